The maximum atomic E-state index is 13.3. The highest BCUT2D eigenvalue weighted by Crippen LogP contribution is 2.43. The number of ketones is 1. The van der Waals surface area contributed by atoms with E-state index in [2.05, 4.69) is 0 Å². The van der Waals surface area contributed by atoms with Crippen LogP contribution in [0.4, 0.5) is 4.79 Å². The van der Waals surface area contributed by atoms with Crippen molar-refractivity contribution in [1.82, 2.24) is 9.80 Å². The number of allylic oxidation sites excluding steroid dienone is 2. The van der Waals surface area contributed by atoms with Crippen molar-refractivity contribution in [1.29, 1.82) is 0 Å². The van der Waals surface area contributed by atoms with Gasteiger partial charge in [-0.3, -0.25) is 9.59 Å². The minimum atomic E-state index is -0.511. The van der Waals surface area contributed by atoms with Crippen LogP contribution in [0.1, 0.15) is 66.2 Å². The fourth-order valence-electron chi connectivity index (χ4n) is 4.34. The predicted octanol–water partition coefficient (Wildman–Crippen LogP) is 3.26. The minimum absolute atomic E-state index is 0.150. The molecule has 0 bridgehead atoms. The van der Waals surface area contributed by atoms with Crippen LogP contribution in [0.15, 0.2) is 11.3 Å². The zero-order valence-electron chi connectivity index (χ0n) is 16.4. The maximum Gasteiger partial charge on any atom is 0.410 e. The zero-order valence-corrected chi connectivity index (χ0v) is 16.4. The van der Waals surface area contributed by atoms with Gasteiger partial charge in [0.25, 0.3) is 0 Å². The molecule has 1 aliphatic carbocycles. The van der Waals surface area contributed by atoms with E-state index < -0.39 is 11.0 Å². The third-order valence-corrected chi connectivity index (χ3v) is 5.87. The summed E-state index contributed by atoms with van der Waals surface area (Å²) < 4.78 is 5.45. The number of amides is 2. The van der Waals surface area contributed by atoms with Crippen LogP contribution in [0.3, 0.4) is 0 Å². The molecule has 0 saturated carbocycles. The van der Waals surface area contributed by atoms with Gasteiger partial charge >= 0.3 is 6.09 Å². The molecule has 3 aliphatic rings. The number of Topliss-reactive ketones (excluding diaryl/α,β-unsaturated/α-hetero) is 1. The molecule has 2 saturated heterocycles. The van der Waals surface area contributed by atoms with Gasteiger partial charge in [-0.2, -0.15) is 0 Å². The topological polar surface area (TPSA) is 66.9 Å². The monoisotopic (exact) mass is 362 g/mol. The summed E-state index contributed by atoms with van der Waals surface area (Å²) in [6.45, 7) is 9.21. The van der Waals surface area contributed by atoms with Crippen molar-refractivity contribution in [2.75, 3.05) is 19.6 Å². The first-order valence-corrected chi connectivity index (χ1v) is 9.66. The van der Waals surface area contributed by atoms with E-state index in [1.54, 1.807) is 4.90 Å². The fraction of sp³-hybridized carbons (Fsp3) is 0.750. The molecule has 3 rings (SSSR count). The number of hydrogen-bond acceptors (Lipinski definition) is 4. The second kappa shape index (κ2) is 6.71. The molecule has 0 N–H and O–H groups in total. The van der Waals surface area contributed by atoms with Crippen LogP contribution in [-0.4, -0.2) is 52.8 Å². The lowest BCUT2D eigenvalue weighted by atomic mass is 9.71. The normalized spacial score (nSPS) is 23.8. The second-order valence-corrected chi connectivity index (χ2v) is 8.80. The summed E-state index contributed by atoms with van der Waals surface area (Å²) in [4.78, 5) is 41.0. The molecule has 0 aromatic rings. The van der Waals surface area contributed by atoms with E-state index in [4.69, 9.17) is 4.74 Å². The Labute approximate surface area is 155 Å². The molecule has 2 heterocycles. The van der Waals surface area contributed by atoms with E-state index in [9.17, 15) is 14.4 Å². The minimum Gasteiger partial charge on any atom is -0.444 e. The molecule has 0 unspecified atom stereocenters. The molecule has 144 valence electrons. The summed E-state index contributed by atoms with van der Waals surface area (Å²) in [7, 11) is 0. The first kappa shape index (κ1) is 18.9. The van der Waals surface area contributed by atoms with Crippen LogP contribution in [-0.2, 0) is 14.3 Å². The van der Waals surface area contributed by atoms with Crippen LogP contribution in [0.25, 0.3) is 0 Å². The second-order valence-electron chi connectivity index (χ2n) is 8.80. The standard InChI is InChI=1S/C20H30N2O4/c1-14-15(6-7-16(14)23)22-11-5-8-20(17(22)24)9-12-21(13-10-20)18(25)26-19(2,3)4/h5-13H2,1-4H3. The van der Waals surface area contributed by atoms with Crippen LogP contribution >= 0.6 is 0 Å². The van der Waals surface area contributed by atoms with Gasteiger partial charge in [0, 0.05) is 37.3 Å². The molecule has 0 aromatic heterocycles. The summed E-state index contributed by atoms with van der Waals surface area (Å²) in [5.41, 5.74) is 0.772. The Morgan fingerprint density at radius 3 is 2.23 bits per heavy atom. The van der Waals surface area contributed by atoms with Gasteiger partial charge in [0.1, 0.15) is 5.60 Å². The molecule has 1 spiro atoms. The van der Waals surface area contributed by atoms with Crippen molar-refractivity contribution in [2.24, 2.45) is 5.41 Å². The Balaban J connectivity index is 1.69. The predicted molar refractivity (Wildman–Crippen MR) is 97.4 cm³/mol. The van der Waals surface area contributed by atoms with Crippen molar-refractivity contribution < 1.29 is 19.1 Å². The van der Waals surface area contributed by atoms with Gasteiger partial charge in [0.2, 0.25) is 5.91 Å². The number of nitrogens with zero attached hydrogens (tertiary/aromatic N) is 2. The van der Waals surface area contributed by atoms with E-state index >= 15 is 0 Å². The van der Waals surface area contributed by atoms with Gasteiger partial charge in [-0.05, 0) is 59.8 Å². The van der Waals surface area contributed by atoms with E-state index in [0.29, 0.717) is 45.3 Å². The van der Waals surface area contributed by atoms with Gasteiger partial charge < -0.3 is 14.5 Å². The molecular weight excluding hydrogens is 332 g/mol. The maximum absolute atomic E-state index is 13.3. The Kier molecular flexibility index (Phi) is 4.88. The molecule has 2 amide bonds. The number of ether oxygens (including phenoxy) is 1. The summed E-state index contributed by atoms with van der Waals surface area (Å²) in [6.07, 6.45) is 4.05. The summed E-state index contributed by atoms with van der Waals surface area (Å²) in [5.74, 6) is 0.309. The van der Waals surface area contributed by atoms with Crippen LogP contribution in [0, 0.1) is 5.41 Å². The molecule has 26 heavy (non-hydrogen) atoms. The Hall–Kier alpha value is -1.85. The van der Waals surface area contributed by atoms with Crippen LogP contribution < -0.4 is 0 Å². The number of carbonyl (C=O) groups is 3. The first-order valence-electron chi connectivity index (χ1n) is 9.66. The average Bonchev–Trinajstić information content (AvgIpc) is 2.89. The Bertz CT molecular complexity index is 651. The summed E-state index contributed by atoms with van der Waals surface area (Å²) in [6, 6.07) is 0. The molecule has 6 nitrogen and oxygen atoms in total. The summed E-state index contributed by atoms with van der Waals surface area (Å²) in [5, 5.41) is 0. The van der Waals surface area contributed by atoms with Gasteiger partial charge in [-0.25, -0.2) is 4.79 Å². The van der Waals surface area contributed by atoms with Crippen molar-refractivity contribution in [3.8, 4) is 0 Å². The number of likely N-dealkylation sites (tertiary alicyclic amines) is 2. The van der Waals surface area contributed by atoms with E-state index in [0.717, 1.165) is 24.1 Å². The highest BCUT2D eigenvalue weighted by atomic mass is 16.6. The molecule has 6 heteroatoms. The largest absolute Gasteiger partial charge is 0.444 e. The molecule has 2 fully saturated rings. The van der Waals surface area contributed by atoms with Gasteiger partial charge in [0.15, 0.2) is 5.78 Å². The van der Waals surface area contributed by atoms with Crippen molar-refractivity contribution in [2.45, 2.75) is 71.8 Å². The SMILES string of the molecule is CC1=C(N2CCCC3(CCN(C(=O)OC(C)(C)C)CC3)C2=O)CCC1=O. The van der Waals surface area contributed by atoms with Crippen LogP contribution in [0.2, 0.25) is 0 Å². The third kappa shape index (κ3) is 3.51. The Morgan fingerprint density at radius 2 is 1.69 bits per heavy atom. The van der Waals surface area contributed by atoms with E-state index in [-0.39, 0.29) is 17.8 Å². The third-order valence-electron chi connectivity index (χ3n) is 5.87. The summed E-state index contributed by atoms with van der Waals surface area (Å²) >= 11 is 0. The number of hydrogen-bond donors (Lipinski definition) is 0. The van der Waals surface area contributed by atoms with Crippen LogP contribution in [0.5, 0.6) is 0 Å². The lowest BCUT2D eigenvalue weighted by Gasteiger charge is -2.46. The zero-order chi connectivity index (χ0) is 19.1. The highest BCUT2D eigenvalue weighted by Gasteiger charge is 2.48. The van der Waals surface area contributed by atoms with Gasteiger partial charge in [-0.1, -0.05) is 0 Å². The molecule has 0 atom stereocenters. The van der Waals surface area contributed by atoms with E-state index in [1.807, 2.05) is 32.6 Å². The van der Waals surface area contributed by atoms with Gasteiger partial charge in [0.05, 0.1) is 5.41 Å². The quantitative estimate of drug-likeness (QED) is 0.718. The highest BCUT2D eigenvalue weighted by molar-refractivity contribution is 5.99. The molecular formula is C20H30N2O4. The van der Waals surface area contributed by atoms with Crippen molar-refractivity contribution >= 4 is 17.8 Å². The molecule has 0 radical (unpaired) electrons. The lowest BCUT2D eigenvalue weighted by Crippen LogP contribution is -2.54. The first-order chi connectivity index (χ1) is 12.1. The van der Waals surface area contributed by atoms with Crippen molar-refractivity contribution in [3.63, 3.8) is 0 Å². The van der Waals surface area contributed by atoms with Gasteiger partial charge in [-0.15, -0.1) is 0 Å². The van der Waals surface area contributed by atoms with E-state index in [1.165, 1.54) is 0 Å². The number of rotatable bonds is 1. The average molecular weight is 362 g/mol. The molecule has 2 aliphatic heterocycles. The Morgan fingerprint density at radius 1 is 1.04 bits per heavy atom. The lowest BCUT2D eigenvalue weighted by molar-refractivity contribution is -0.147. The molecule has 0 aromatic carbocycles. The smallest absolute Gasteiger partial charge is 0.410 e. The van der Waals surface area contributed by atoms with Crippen molar-refractivity contribution in [3.05, 3.63) is 11.3 Å². The number of piperidine rings is 2. The number of carbonyl (C=O) groups excluding carboxylic acids is 3. The fourth-order valence-corrected chi connectivity index (χ4v) is 4.34.